The van der Waals surface area contributed by atoms with Crippen LogP contribution in [0.25, 0.3) is 11.0 Å². The lowest BCUT2D eigenvalue weighted by Crippen LogP contribution is -2.33. The number of carbonyl (C=O) groups excluding carboxylic acids is 1. The number of nitriles is 1. The van der Waals surface area contributed by atoms with E-state index in [0.717, 1.165) is 38.2 Å². The summed E-state index contributed by atoms with van der Waals surface area (Å²) in [7, 11) is 0. The van der Waals surface area contributed by atoms with Crippen molar-refractivity contribution in [3.63, 3.8) is 0 Å². The first-order valence-electron chi connectivity index (χ1n) is 11.4. The number of anilines is 3. The van der Waals surface area contributed by atoms with E-state index in [1.165, 1.54) is 11.8 Å². The molecule has 1 fully saturated rings. The largest absolute Gasteiger partial charge is 0.384 e. The number of hydrogen-bond acceptors (Lipinski definition) is 8. The predicted molar refractivity (Wildman–Crippen MR) is 131 cm³/mol. The van der Waals surface area contributed by atoms with Gasteiger partial charge in [0.1, 0.15) is 11.4 Å². The number of aryl methyl sites for hydroxylation is 1. The van der Waals surface area contributed by atoms with Crippen LogP contribution in [0.3, 0.4) is 0 Å². The molecule has 4 rings (SSSR count). The van der Waals surface area contributed by atoms with E-state index in [1.807, 2.05) is 19.1 Å². The van der Waals surface area contributed by atoms with Crippen LogP contribution < -0.4 is 22.2 Å². The second kappa shape index (κ2) is 9.89. The van der Waals surface area contributed by atoms with Gasteiger partial charge in [0, 0.05) is 31.4 Å². The zero-order valence-electron chi connectivity index (χ0n) is 19.1. The number of carbonyl (C=O) groups is 1. The zero-order valence-corrected chi connectivity index (χ0v) is 19.1. The number of likely N-dealkylation sites (tertiary alicyclic amines) is 1. The number of nitrogens with zero attached hydrogens (tertiary/aromatic N) is 5. The molecule has 0 atom stereocenters. The number of nitrogens with one attached hydrogen (secondary N) is 1. The van der Waals surface area contributed by atoms with E-state index in [1.54, 1.807) is 4.57 Å². The molecule has 10 heteroatoms. The molecule has 1 aromatic carbocycles. The SMILES string of the molecule is CCn1c(N)c(C(N)=O)c(=O)c2cnc(Nc3ccc(C4CCN(CCC#N)CC4)cc3)nc21. The van der Waals surface area contributed by atoms with Gasteiger partial charge in [-0.3, -0.25) is 9.59 Å². The summed E-state index contributed by atoms with van der Waals surface area (Å²) in [6, 6.07) is 10.4. The fourth-order valence-electron chi connectivity index (χ4n) is 4.52. The first kappa shape index (κ1) is 23.2. The topological polar surface area (TPSA) is 156 Å². The minimum Gasteiger partial charge on any atom is -0.384 e. The van der Waals surface area contributed by atoms with Crippen molar-refractivity contribution in [2.45, 2.75) is 38.6 Å². The second-order valence-corrected chi connectivity index (χ2v) is 8.40. The Kier molecular flexibility index (Phi) is 6.75. The highest BCUT2D eigenvalue weighted by Gasteiger charge is 2.21. The maximum atomic E-state index is 12.7. The van der Waals surface area contributed by atoms with Crippen LogP contribution in [0.4, 0.5) is 17.5 Å². The first-order valence-corrected chi connectivity index (χ1v) is 11.4. The number of nitrogens with two attached hydrogens (primary N) is 2. The van der Waals surface area contributed by atoms with Crippen LogP contribution in [-0.4, -0.2) is 45.0 Å². The van der Waals surface area contributed by atoms with Crippen molar-refractivity contribution in [2.24, 2.45) is 5.73 Å². The first-order chi connectivity index (χ1) is 16.4. The number of pyridine rings is 1. The van der Waals surface area contributed by atoms with Crippen LogP contribution in [-0.2, 0) is 6.54 Å². The summed E-state index contributed by atoms with van der Waals surface area (Å²) in [6.45, 7) is 5.11. The van der Waals surface area contributed by atoms with Crippen molar-refractivity contribution in [2.75, 3.05) is 30.7 Å². The Balaban J connectivity index is 1.52. The maximum absolute atomic E-state index is 12.7. The average molecular weight is 461 g/mol. The smallest absolute Gasteiger partial charge is 0.256 e. The summed E-state index contributed by atoms with van der Waals surface area (Å²) < 4.78 is 1.58. The molecule has 3 heterocycles. The van der Waals surface area contributed by atoms with Crippen molar-refractivity contribution in [3.8, 4) is 6.07 Å². The van der Waals surface area contributed by atoms with Gasteiger partial charge in [-0.05, 0) is 56.5 Å². The molecule has 0 radical (unpaired) electrons. The zero-order chi connectivity index (χ0) is 24.2. The number of rotatable bonds is 7. The standard InChI is InChI=1S/C24H28N8O2/c1-2-32-21(26)19(22(27)34)20(33)18-14-28-24(30-23(18)32)29-17-6-4-15(5-7-17)16-8-12-31(13-9-16)11-3-10-25/h4-7,14,16H,2-3,8-9,11-13,26H2,1H3,(H2,27,34)(H,28,29,30). The molecule has 1 saturated heterocycles. The number of hydrogen-bond donors (Lipinski definition) is 3. The van der Waals surface area contributed by atoms with Crippen molar-refractivity contribution >= 4 is 34.4 Å². The molecule has 5 N–H and O–H groups in total. The number of primary amides is 1. The number of piperidine rings is 1. The van der Waals surface area contributed by atoms with Gasteiger partial charge in [-0.15, -0.1) is 0 Å². The van der Waals surface area contributed by atoms with E-state index < -0.39 is 11.3 Å². The van der Waals surface area contributed by atoms with Crippen LogP contribution >= 0.6 is 0 Å². The fraction of sp³-hybridized carbons (Fsp3) is 0.375. The lowest BCUT2D eigenvalue weighted by Gasteiger charge is -2.31. The van der Waals surface area contributed by atoms with Gasteiger partial charge in [0.15, 0.2) is 5.65 Å². The summed E-state index contributed by atoms with van der Waals surface area (Å²) in [5.41, 5.74) is 13.0. The number of aromatic nitrogens is 3. The molecule has 0 spiro atoms. The molecule has 0 saturated carbocycles. The van der Waals surface area contributed by atoms with Crippen LogP contribution in [0, 0.1) is 11.3 Å². The van der Waals surface area contributed by atoms with Crippen LogP contribution in [0.2, 0.25) is 0 Å². The van der Waals surface area contributed by atoms with E-state index in [-0.39, 0.29) is 16.8 Å². The highest BCUT2D eigenvalue weighted by molar-refractivity contribution is 6.00. The molecule has 0 unspecified atom stereocenters. The molecule has 34 heavy (non-hydrogen) atoms. The molecular formula is C24H28N8O2. The van der Waals surface area contributed by atoms with Crippen LogP contribution in [0.1, 0.15) is 48.0 Å². The van der Waals surface area contributed by atoms with Gasteiger partial charge < -0.3 is 26.3 Å². The molecule has 1 aliphatic rings. The van der Waals surface area contributed by atoms with Gasteiger partial charge in [-0.1, -0.05) is 12.1 Å². The van der Waals surface area contributed by atoms with Crippen molar-refractivity contribution in [1.82, 2.24) is 19.4 Å². The van der Waals surface area contributed by atoms with Gasteiger partial charge in [-0.25, -0.2) is 4.98 Å². The lowest BCUT2D eigenvalue weighted by atomic mass is 9.89. The molecule has 2 aromatic heterocycles. The van der Waals surface area contributed by atoms with E-state index >= 15 is 0 Å². The second-order valence-electron chi connectivity index (χ2n) is 8.40. The van der Waals surface area contributed by atoms with E-state index in [4.69, 9.17) is 16.7 Å². The number of fused-ring (bicyclic) bond motifs is 1. The van der Waals surface area contributed by atoms with Gasteiger partial charge in [-0.2, -0.15) is 10.2 Å². The molecule has 1 aliphatic heterocycles. The highest BCUT2D eigenvalue weighted by Crippen LogP contribution is 2.29. The maximum Gasteiger partial charge on any atom is 0.256 e. The van der Waals surface area contributed by atoms with E-state index in [2.05, 4.69) is 38.4 Å². The highest BCUT2D eigenvalue weighted by atomic mass is 16.2. The van der Waals surface area contributed by atoms with Crippen LogP contribution in [0.5, 0.6) is 0 Å². The van der Waals surface area contributed by atoms with Gasteiger partial charge in [0.25, 0.3) is 5.91 Å². The third-order valence-corrected chi connectivity index (χ3v) is 6.37. The molecular weight excluding hydrogens is 432 g/mol. The van der Waals surface area contributed by atoms with Crippen molar-refractivity contribution in [1.29, 1.82) is 5.26 Å². The molecule has 0 aliphatic carbocycles. The number of benzene rings is 1. The van der Waals surface area contributed by atoms with Gasteiger partial charge in [0.2, 0.25) is 11.4 Å². The van der Waals surface area contributed by atoms with Crippen LogP contribution in [0.15, 0.2) is 35.3 Å². The molecule has 1 amide bonds. The summed E-state index contributed by atoms with van der Waals surface area (Å²) in [5, 5.41) is 12.1. The number of nitrogen functional groups attached to an aromatic ring is 1. The molecule has 176 valence electrons. The fourth-order valence-corrected chi connectivity index (χ4v) is 4.52. The Bertz CT molecular complexity index is 1300. The van der Waals surface area contributed by atoms with Crippen molar-refractivity contribution in [3.05, 3.63) is 51.8 Å². The lowest BCUT2D eigenvalue weighted by molar-refractivity contribution is 0.1000. The van der Waals surface area contributed by atoms with E-state index in [9.17, 15) is 9.59 Å². The molecule has 3 aromatic rings. The Morgan fingerprint density at radius 2 is 1.97 bits per heavy atom. The quantitative estimate of drug-likeness (QED) is 0.485. The summed E-state index contributed by atoms with van der Waals surface area (Å²) in [4.78, 5) is 35.5. The summed E-state index contributed by atoms with van der Waals surface area (Å²) in [5.74, 6) is -0.0495. The van der Waals surface area contributed by atoms with E-state index in [0.29, 0.717) is 30.5 Å². The monoisotopic (exact) mass is 460 g/mol. The minimum absolute atomic E-state index is 0.000161. The minimum atomic E-state index is -0.873. The van der Waals surface area contributed by atoms with Gasteiger partial charge >= 0.3 is 0 Å². The Morgan fingerprint density at radius 1 is 1.26 bits per heavy atom. The molecule has 0 bridgehead atoms. The summed E-state index contributed by atoms with van der Waals surface area (Å²) >= 11 is 0. The Morgan fingerprint density at radius 3 is 2.59 bits per heavy atom. The predicted octanol–water partition coefficient (Wildman–Crippen LogP) is 2.33. The Labute approximate surface area is 197 Å². The third-order valence-electron chi connectivity index (χ3n) is 6.37. The Hall–Kier alpha value is -3.97. The molecule has 10 nitrogen and oxygen atoms in total. The third kappa shape index (κ3) is 4.56. The average Bonchev–Trinajstić information content (AvgIpc) is 2.83. The number of amides is 1. The summed E-state index contributed by atoms with van der Waals surface area (Å²) in [6.07, 6.45) is 4.12. The van der Waals surface area contributed by atoms with Crippen molar-refractivity contribution < 1.29 is 4.79 Å². The normalized spacial score (nSPS) is 14.7. The van der Waals surface area contributed by atoms with Gasteiger partial charge in [0.05, 0.1) is 11.5 Å².